The van der Waals surface area contributed by atoms with Crippen LogP contribution in [0.2, 0.25) is 0 Å². The monoisotopic (exact) mass is 312 g/mol. The number of aryl methyl sites for hydroxylation is 2. The molecule has 1 aliphatic rings. The van der Waals surface area contributed by atoms with Gasteiger partial charge in [0.2, 0.25) is 0 Å². The Morgan fingerprint density at radius 1 is 1.30 bits per heavy atom. The molecule has 1 aliphatic heterocycles. The van der Waals surface area contributed by atoms with Gasteiger partial charge in [0, 0.05) is 18.2 Å². The van der Waals surface area contributed by atoms with Crippen LogP contribution >= 0.6 is 0 Å². The lowest BCUT2D eigenvalue weighted by atomic mass is 10.0. The highest BCUT2D eigenvalue weighted by molar-refractivity contribution is 5.50. The quantitative estimate of drug-likeness (QED) is 0.831. The van der Waals surface area contributed by atoms with Gasteiger partial charge in [0.25, 0.3) is 0 Å². The average Bonchev–Trinajstić information content (AvgIpc) is 3.14. The van der Waals surface area contributed by atoms with Crippen LogP contribution in [-0.2, 0) is 0 Å². The number of benzene rings is 1. The summed E-state index contributed by atoms with van der Waals surface area (Å²) in [5.74, 6) is 1.85. The van der Waals surface area contributed by atoms with Gasteiger partial charge in [-0.1, -0.05) is 29.4 Å². The molecule has 0 spiro atoms. The van der Waals surface area contributed by atoms with Gasteiger partial charge in [-0.25, -0.2) is 0 Å². The Morgan fingerprint density at radius 2 is 2.09 bits per heavy atom. The third kappa shape index (κ3) is 3.48. The summed E-state index contributed by atoms with van der Waals surface area (Å²) >= 11 is 0. The zero-order valence-electron chi connectivity index (χ0n) is 14.1. The molecule has 4 heteroatoms. The fraction of sp³-hybridized carbons (Fsp3) is 0.421. The lowest BCUT2D eigenvalue weighted by molar-refractivity contribution is 0.282. The van der Waals surface area contributed by atoms with E-state index in [1.807, 2.05) is 26.0 Å². The first-order valence-corrected chi connectivity index (χ1v) is 8.16. The van der Waals surface area contributed by atoms with Crippen LogP contribution in [0.1, 0.15) is 41.5 Å². The molecule has 2 aromatic rings. The molecular formula is C19H24N2O2. The molecule has 0 radical (unpaired) electrons. The van der Waals surface area contributed by atoms with Gasteiger partial charge in [-0.2, -0.15) is 0 Å². The highest BCUT2D eigenvalue weighted by Crippen LogP contribution is 2.35. The molecule has 0 unspecified atom stereocenters. The zero-order chi connectivity index (χ0) is 16.2. The van der Waals surface area contributed by atoms with Gasteiger partial charge >= 0.3 is 0 Å². The van der Waals surface area contributed by atoms with Crippen LogP contribution in [0.25, 0.3) is 6.08 Å². The molecule has 1 aromatic heterocycles. The highest BCUT2D eigenvalue weighted by Gasteiger charge is 2.29. The predicted molar refractivity (Wildman–Crippen MR) is 91.6 cm³/mol. The van der Waals surface area contributed by atoms with Gasteiger partial charge in [0.05, 0.1) is 12.8 Å². The number of ether oxygens (including phenoxy) is 1. The lowest BCUT2D eigenvalue weighted by Crippen LogP contribution is -2.24. The van der Waals surface area contributed by atoms with Crippen LogP contribution in [0.3, 0.4) is 0 Å². The van der Waals surface area contributed by atoms with Crippen molar-refractivity contribution in [1.29, 1.82) is 0 Å². The Labute approximate surface area is 137 Å². The maximum Gasteiger partial charge on any atom is 0.138 e. The molecule has 4 nitrogen and oxygen atoms in total. The molecule has 1 atom stereocenters. The first kappa shape index (κ1) is 15.8. The third-order valence-corrected chi connectivity index (χ3v) is 4.55. The molecule has 1 saturated heterocycles. The maximum absolute atomic E-state index is 5.35. The van der Waals surface area contributed by atoms with E-state index in [0.29, 0.717) is 6.04 Å². The highest BCUT2D eigenvalue weighted by atomic mass is 16.5. The van der Waals surface area contributed by atoms with Crippen molar-refractivity contribution < 1.29 is 9.26 Å². The number of methoxy groups -OCH3 is 1. The SMILES string of the molecule is COc1ccc(/C=C/CN2CCC[C@@H]2c2c(C)noc2C)cc1. The summed E-state index contributed by atoms with van der Waals surface area (Å²) in [6.07, 6.45) is 6.81. The fourth-order valence-corrected chi connectivity index (χ4v) is 3.38. The second kappa shape index (κ2) is 7.01. The molecule has 0 bridgehead atoms. The molecule has 0 N–H and O–H groups in total. The Bertz CT molecular complexity index is 654. The maximum atomic E-state index is 5.35. The molecular weight excluding hydrogens is 288 g/mol. The van der Waals surface area contributed by atoms with E-state index < -0.39 is 0 Å². The van der Waals surface area contributed by atoms with Crippen LogP contribution in [0, 0.1) is 13.8 Å². The minimum Gasteiger partial charge on any atom is -0.497 e. The summed E-state index contributed by atoms with van der Waals surface area (Å²) in [6, 6.07) is 8.56. The van der Waals surface area contributed by atoms with Gasteiger partial charge in [-0.3, -0.25) is 4.90 Å². The van der Waals surface area contributed by atoms with Crippen LogP contribution in [-0.4, -0.2) is 30.3 Å². The van der Waals surface area contributed by atoms with E-state index in [9.17, 15) is 0 Å². The minimum absolute atomic E-state index is 0.432. The van der Waals surface area contributed by atoms with Gasteiger partial charge in [-0.05, 0) is 50.9 Å². The predicted octanol–water partition coefficient (Wildman–Crippen LogP) is 4.15. The molecule has 0 amide bonds. The van der Waals surface area contributed by atoms with Crippen LogP contribution < -0.4 is 4.74 Å². The van der Waals surface area contributed by atoms with E-state index in [-0.39, 0.29) is 0 Å². The van der Waals surface area contributed by atoms with Gasteiger partial charge in [0.1, 0.15) is 11.5 Å². The Morgan fingerprint density at radius 3 is 2.74 bits per heavy atom. The molecule has 0 saturated carbocycles. The number of nitrogens with zero attached hydrogens (tertiary/aromatic N) is 2. The summed E-state index contributed by atoms with van der Waals surface area (Å²) in [5, 5.41) is 4.11. The summed E-state index contributed by atoms with van der Waals surface area (Å²) in [5.41, 5.74) is 3.50. The number of likely N-dealkylation sites (tertiary alicyclic amines) is 1. The summed E-state index contributed by atoms with van der Waals surface area (Å²) < 4.78 is 10.5. The molecule has 23 heavy (non-hydrogen) atoms. The lowest BCUT2D eigenvalue weighted by Gasteiger charge is -2.22. The molecule has 3 rings (SSSR count). The summed E-state index contributed by atoms with van der Waals surface area (Å²) in [7, 11) is 1.69. The molecule has 1 fully saturated rings. The number of hydrogen-bond acceptors (Lipinski definition) is 4. The normalized spacial score (nSPS) is 18.8. The van der Waals surface area contributed by atoms with Crippen molar-refractivity contribution in [2.45, 2.75) is 32.7 Å². The largest absolute Gasteiger partial charge is 0.497 e. The van der Waals surface area contributed by atoms with E-state index in [2.05, 4.69) is 34.3 Å². The fourth-order valence-electron chi connectivity index (χ4n) is 3.38. The van der Waals surface area contributed by atoms with Crippen LogP contribution in [0.4, 0.5) is 0 Å². The first-order valence-electron chi connectivity index (χ1n) is 8.16. The van der Waals surface area contributed by atoms with Gasteiger partial charge in [-0.15, -0.1) is 0 Å². The summed E-state index contributed by atoms with van der Waals surface area (Å²) in [6.45, 7) is 6.12. The summed E-state index contributed by atoms with van der Waals surface area (Å²) in [4.78, 5) is 2.51. The Kier molecular flexibility index (Phi) is 4.82. The molecule has 2 heterocycles. The van der Waals surface area contributed by atoms with Crippen molar-refractivity contribution in [3.8, 4) is 5.75 Å². The Hall–Kier alpha value is -2.07. The van der Waals surface area contributed by atoms with Crippen molar-refractivity contribution in [3.63, 3.8) is 0 Å². The standard InChI is InChI=1S/C19H24N2O2/c1-14-19(15(2)23-20-14)18-7-5-13-21(18)12-4-6-16-8-10-17(22-3)11-9-16/h4,6,8-11,18H,5,7,12-13H2,1-3H3/b6-4+/t18-/m1/s1. The van der Waals surface area contributed by atoms with E-state index in [4.69, 9.17) is 9.26 Å². The van der Waals surface area contributed by atoms with Crippen molar-refractivity contribution in [2.24, 2.45) is 0 Å². The van der Waals surface area contributed by atoms with Crippen LogP contribution in [0.5, 0.6) is 5.75 Å². The molecule has 0 aliphatic carbocycles. The average molecular weight is 312 g/mol. The smallest absolute Gasteiger partial charge is 0.138 e. The number of hydrogen-bond donors (Lipinski definition) is 0. The number of aromatic nitrogens is 1. The zero-order valence-corrected chi connectivity index (χ0v) is 14.1. The first-order chi connectivity index (χ1) is 11.2. The van der Waals surface area contributed by atoms with E-state index in [1.54, 1.807) is 7.11 Å². The van der Waals surface area contributed by atoms with Crippen molar-refractivity contribution >= 4 is 6.08 Å². The molecule has 122 valence electrons. The second-order valence-electron chi connectivity index (χ2n) is 6.07. The second-order valence-corrected chi connectivity index (χ2v) is 6.07. The van der Waals surface area contributed by atoms with E-state index in [1.165, 1.54) is 24.0 Å². The van der Waals surface area contributed by atoms with E-state index >= 15 is 0 Å². The third-order valence-electron chi connectivity index (χ3n) is 4.55. The minimum atomic E-state index is 0.432. The number of rotatable bonds is 5. The Balaban J connectivity index is 1.66. The van der Waals surface area contributed by atoms with Crippen molar-refractivity contribution in [3.05, 3.63) is 52.9 Å². The van der Waals surface area contributed by atoms with Crippen LogP contribution in [0.15, 0.2) is 34.9 Å². The molecule has 1 aromatic carbocycles. The van der Waals surface area contributed by atoms with Crippen molar-refractivity contribution in [2.75, 3.05) is 20.2 Å². The van der Waals surface area contributed by atoms with Crippen molar-refractivity contribution in [1.82, 2.24) is 10.1 Å². The van der Waals surface area contributed by atoms with Gasteiger partial charge in [0.15, 0.2) is 0 Å². The van der Waals surface area contributed by atoms with E-state index in [0.717, 1.165) is 30.3 Å². The topological polar surface area (TPSA) is 38.5 Å². The van der Waals surface area contributed by atoms with Gasteiger partial charge < -0.3 is 9.26 Å².